The minimum Gasteiger partial charge on any atom is -0.464 e. The molecule has 12 nitrogen and oxygen atoms in total. The summed E-state index contributed by atoms with van der Waals surface area (Å²) in [6, 6.07) is 3.02. The van der Waals surface area contributed by atoms with Crippen LogP contribution in [0.1, 0.15) is 6.23 Å². The Hall–Kier alpha value is -2.05. The number of phosphoric ester groups is 1. The number of furan rings is 1. The summed E-state index contributed by atoms with van der Waals surface area (Å²) in [7, 11) is -4.81. The van der Waals surface area contributed by atoms with E-state index >= 15 is 0 Å². The molecule has 1 fully saturated rings. The lowest BCUT2D eigenvalue weighted by Crippen LogP contribution is -2.38. The van der Waals surface area contributed by atoms with E-state index in [1.165, 1.54) is 18.4 Å². The lowest BCUT2D eigenvalue weighted by molar-refractivity contribution is -0.0542. The van der Waals surface area contributed by atoms with Crippen LogP contribution in [0.3, 0.4) is 0 Å². The van der Waals surface area contributed by atoms with E-state index in [0.29, 0.717) is 0 Å². The quantitative estimate of drug-likeness (QED) is 0.377. The van der Waals surface area contributed by atoms with Gasteiger partial charge >= 0.3 is 13.5 Å². The van der Waals surface area contributed by atoms with E-state index in [0.717, 1.165) is 10.8 Å². The molecule has 1 saturated heterocycles. The number of aliphatic hydroxyl groups is 2. The zero-order valence-electron chi connectivity index (χ0n) is 13.0. The van der Waals surface area contributed by atoms with Crippen LogP contribution in [-0.4, -0.2) is 54.5 Å². The minimum atomic E-state index is -4.81. The highest BCUT2D eigenvalue weighted by molar-refractivity contribution is 7.46. The van der Waals surface area contributed by atoms with E-state index in [-0.39, 0.29) is 11.3 Å². The Labute approximate surface area is 144 Å². The number of aliphatic hydroxyl groups excluding tert-OH is 2. The van der Waals surface area contributed by atoms with Crippen LogP contribution < -0.4 is 11.2 Å². The fraction of sp³-hybridized carbons (Fsp3) is 0.385. The molecule has 4 atom stereocenters. The highest BCUT2D eigenvalue weighted by atomic mass is 31.2. The van der Waals surface area contributed by atoms with Crippen LogP contribution in [0, 0.1) is 0 Å². The van der Waals surface area contributed by atoms with E-state index in [9.17, 15) is 24.4 Å². The van der Waals surface area contributed by atoms with E-state index in [1.54, 1.807) is 0 Å². The van der Waals surface area contributed by atoms with Crippen molar-refractivity contribution in [3.05, 3.63) is 45.4 Å². The summed E-state index contributed by atoms with van der Waals surface area (Å²) in [4.78, 5) is 43.5. The lowest BCUT2D eigenvalue weighted by Gasteiger charge is -2.17. The van der Waals surface area contributed by atoms with Crippen molar-refractivity contribution in [2.24, 2.45) is 0 Å². The van der Waals surface area contributed by atoms with Gasteiger partial charge in [-0.05, 0) is 12.1 Å². The van der Waals surface area contributed by atoms with Crippen LogP contribution in [0.4, 0.5) is 0 Å². The molecule has 0 unspecified atom stereocenters. The number of aromatic amines is 1. The number of nitrogens with zero attached hydrogens (tertiary/aromatic N) is 1. The largest absolute Gasteiger partial charge is 0.469 e. The third-order valence-electron chi connectivity index (χ3n) is 3.77. The van der Waals surface area contributed by atoms with Gasteiger partial charge in [0.25, 0.3) is 5.56 Å². The first kappa shape index (κ1) is 18.7. The molecule has 2 aromatic rings. The Bertz CT molecular complexity index is 929. The number of aromatic nitrogens is 2. The Balaban J connectivity index is 1.91. The van der Waals surface area contributed by atoms with Crippen molar-refractivity contribution in [3.63, 3.8) is 0 Å². The number of rotatable bonds is 5. The zero-order valence-corrected chi connectivity index (χ0v) is 13.9. The molecule has 26 heavy (non-hydrogen) atoms. The van der Waals surface area contributed by atoms with Crippen molar-refractivity contribution in [1.82, 2.24) is 9.55 Å². The van der Waals surface area contributed by atoms with Crippen LogP contribution in [0.5, 0.6) is 0 Å². The number of H-pyrrole nitrogens is 1. The molecule has 3 rings (SSSR count). The normalized spacial score (nSPS) is 26.3. The first-order chi connectivity index (χ1) is 12.2. The van der Waals surface area contributed by atoms with Crippen molar-refractivity contribution < 1.29 is 38.2 Å². The van der Waals surface area contributed by atoms with Gasteiger partial charge in [-0.1, -0.05) is 0 Å². The third kappa shape index (κ3) is 3.71. The molecule has 2 aromatic heterocycles. The van der Waals surface area contributed by atoms with Crippen molar-refractivity contribution in [1.29, 1.82) is 0 Å². The summed E-state index contributed by atoms with van der Waals surface area (Å²) in [5, 5.41) is 20.1. The molecule has 0 radical (unpaired) electrons. The van der Waals surface area contributed by atoms with Gasteiger partial charge < -0.3 is 29.2 Å². The van der Waals surface area contributed by atoms with Crippen LogP contribution in [-0.2, 0) is 13.8 Å². The Morgan fingerprint density at radius 1 is 1.27 bits per heavy atom. The molecule has 0 aromatic carbocycles. The Morgan fingerprint density at radius 2 is 2.00 bits per heavy atom. The number of phosphoric acid groups is 1. The molecule has 0 amide bonds. The van der Waals surface area contributed by atoms with Gasteiger partial charge in [0.1, 0.15) is 24.1 Å². The SMILES string of the molecule is O=c1[nH]c(=O)n([C@@H]2O[C@H](COP(=O)(O)O)[C@@H](O)[C@H]2O)cc1-c1ccco1. The first-order valence-corrected chi connectivity index (χ1v) is 8.81. The molecule has 13 heteroatoms. The molecule has 142 valence electrons. The number of hydrogen-bond acceptors (Lipinski definition) is 8. The van der Waals surface area contributed by atoms with E-state index < -0.39 is 50.2 Å². The Morgan fingerprint density at radius 3 is 2.62 bits per heavy atom. The highest BCUT2D eigenvalue weighted by Crippen LogP contribution is 2.38. The summed E-state index contributed by atoms with van der Waals surface area (Å²) in [5.74, 6) is 0.161. The van der Waals surface area contributed by atoms with E-state index in [2.05, 4.69) is 4.52 Å². The summed E-state index contributed by atoms with van der Waals surface area (Å²) in [6.07, 6.45) is -3.52. The van der Waals surface area contributed by atoms with Gasteiger partial charge in [0.15, 0.2) is 6.23 Å². The third-order valence-corrected chi connectivity index (χ3v) is 4.26. The van der Waals surface area contributed by atoms with Gasteiger partial charge in [0, 0.05) is 6.20 Å². The maximum absolute atomic E-state index is 12.1. The maximum atomic E-state index is 12.1. The zero-order chi connectivity index (χ0) is 19.1. The van der Waals surface area contributed by atoms with Crippen molar-refractivity contribution in [3.8, 4) is 11.3 Å². The summed E-state index contributed by atoms with van der Waals surface area (Å²) in [5.41, 5.74) is -1.66. The second kappa shape index (κ2) is 6.93. The molecule has 3 heterocycles. The number of nitrogens with one attached hydrogen (secondary N) is 1. The highest BCUT2D eigenvalue weighted by Gasteiger charge is 2.45. The van der Waals surface area contributed by atoms with Gasteiger partial charge in [-0.15, -0.1) is 0 Å². The van der Waals surface area contributed by atoms with Crippen molar-refractivity contribution in [2.75, 3.05) is 6.61 Å². The van der Waals surface area contributed by atoms with Gasteiger partial charge in [-0.25, -0.2) is 9.36 Å². The van der Waals surface area contributed by atoms with Crippen LogP contribution in [0.15, 0.2) is 38.6 Å². The fourth-order valence-electron chi connectivity index (χ4n) is 2.55. The smallest absolute Gasteiger partial charge is 0.464 e. The van der Waals surface area contributed by atoms with Crippen LogP contribution in [0.25, 0.3) is 11.3 Å². The van der Waals surface area contributed by atoms with Gasteiger partial charge in [0.2, 0.25) is 0 Å². The molecule has 0 spiro atoms. The fourth-order valence-corrected chi connectivity index (χ4v) is 2.89. The van der Waals surface area contributed by atoms with Crippen molar-refractivity contribution in [2.45, 2.75) is 24.5 Å². The monoisotopic (exact) mass is 390 g/mol. The Kier molecular flexibility index (Phi) is 4.99. The summed E-state index contributed by atoms with van der Waals surface area (Å²) >= 11 is 0. The van der Waals surface area contributed by atoms with E-state index in [4.69, 9.17) is 18.9 Å². The second-order valence-electron chi connectivity index (χ2n) is 5.52. The topological polar surface area (TPSA) is 184 Å². The van der Waals surface area contributed by atoms with Crippen molar-refractivity contribution >= 4 is 7.82 Å². The molecular formula is C13H15N2O10P. The van der Waals surface area contributed by atoms with Crippen LogP contribution in [0.2, 0.25) is 0 Å². The first-order valence-electron chi connectivity index (χ1n) is 7.28. The number of hydrogen-bond donors (Lipinski definition) is 5. The molecule has 0 bridgehead atoms. The molecule has 0 aliphatic carbocycles. The summed E-state index contributed by atoms with van der Waals surface area (Å²) < 4.78 is 26.3. The minimum absolute atomic E-state index is 0.0187. The van der Waals surface area contributed by atoms with Crippen LogP contribution >= 0.6 is 7.82 Å². The average Bonchev–Trinajstić information content (AvgIpc) is 3.16. The molecule has 1 aliphatic rings. The van der Waals surface area contributed by atoms with Gasteiger partial charge in [-0.2, -0.15) is 0 Å². The number of ether oxygens (including phenoxy) is 1. The maximum Gasteiger partial charge on any atom is 0.469 e. The van der Waals surface area contributed by atoms with Gasteiger partial charge in [0.05, 0.1) is 18.4 Å². The molecule has 5 N–H and O–H groups in total. The summed E-state index contributed by atoms with van der Waals surface area (Å²) in [6.45, 7) is -0.720. The predicted molar refractivity (Wildman–Crippen MR) is 82.9 cm³/mol. The predicted octanol–water partition coefficient (Wildman–Crippen LogP) is -1.47. The second-order valence-corrected chi connectivity index (χ2v) is 6.76. The average molecular weight is 390 g/mol. The molecule has 1 aliphatic heterocycles. The standard InChI is InChI=1S/C13H15N2O10P/c16-9-8(5-24-26(20,21)22)25-12(10(9)17)15-4-6(7-2-1-3-23-7)11(18)14-13(15)19/h1-4,8-10,12,16-17H,5H2,(H,14,18,19)(H2,20,21,22)/t8-,9-,10-,12-/m1/s1. The lowest BCUT2D eigenvalue weighted by atomic mass is 10.1. The molecule has 0 saturated carbocycles. The van der Waals surface area contributed by atoms with Gasteiger partial charge in [-0.3, -0.25) is 18.9 Å². The van der Waals surface area contributed by atoms with E-state index in [1.807, 2.05) is 4.98 Å². The molecular weight excluding hydrogens is 375 g/mol.